The van der Waals surface area contributed by atoms with Crippen LogP contribution < -0.4 is 10.5 Å². The maximum atomic E-state index is 11.1. The predicted molar refractivity (Wildman–Crippen MR) is 71.6 cm³/mol. The summed E-state index contributed by atoms with van der Waals surface area (Å²) in [5.41, 5.74) is 6.81. The number of nitrogen functional groups attached to an aromatic ring is 1. The molecule has 0 amide bonds. The third-order valence-electron chi connectivity index (χ3n) is 3.30. The molecule has 1 fully saturated rings. The van der Waals surface area contributed by atoms with Gasteiger partial charge in [-0.25, -0.2) is 4.79 Å². The summed E-state index contributed by atoms with van der Waals surface area (Å²) in [4.78, 5) is 11.1. The Morgan fingerprint density at radius 2 is 2.32 bits per heavy atom. The van der Waals surface area contributed by atoms with Gasteiger partial charge in [0, 0.05) is 12.3 Å². The summed E-state index contributed by atoms with van der Waals surface area (Å²) in [6.45, 7) is 2.99. The summed E-state index contributed by atoms with van der Waals surface area (Å²) >= 11 is 0. The molecule has 19 heavy (non-hydrogen) atoms. The van der Waals surface area contributed by atoms with E-state index in [9.17, 15) is 4.79 Å². The molecule has 1 aliphatic rings. The van der Waals surface area contributed by atoms with Crippen LogP contribution in [0, 0.1) is 6.92 Å². The lowest BCUT2D eigenvalue weighted by Gasteiger charge is -2.22. The molecular formula is C14H19NO4. The highest BCUT2D eigenvalue weighted by molar-refractivity contribution is 5.95. The molecule has 1 aliphatic heterocycles. The van der Waals surface area contributed by atoms with Crippen LogP contribution in [0.3, 0.4) is 0 Å². The first-order valence-electron chi connectivity index (χ1n) is 6.45. The highest BCUT2D eigenvalue weighted by Crippen LogP contribution is 2.25. The van der Waals surface area contributed by atoms with Gasteiger partial charge in [0.1, 0.15) is 12.4 Å². The van der Waals surface area contributed by atoms with Gasteiger partial charge >= 0.3 is 5.97 Å². The quantitative estimate of drug-likeness (QED) is 0.816. The van der Waals surface area contributed by atoms with E-state index < -0.39 is 5.97 Å². The molecule has 1 aromatic rings. The molecule has 1 aromatic carbocycles. The topological polar surface area (TPSA) is 81.8 Å². The van der Waals surface area contributed by atoms with E-state index >= 15 is 0 Å². The van der Waals surface area contributed by atoms with E-state index in [0.29, 0.717) is 17.9 Å². The molecule has 0 saturated carbocycles. The number of carbonyl (C=O) groups is 1. The molecule has 1 saturated heterocycles. The number of rotatable bonds is 4. The summed E-state index contributed by atoms with van der Waals surface area (Å²) in [6.07, 6.45) is 3.33. The van der Waals surface area contributed by atoms with Gasteiger partial charge in [0.2, 0.25) is 0 Å². The Morgan fingerprint density at radius 1 is 1.53 bits per heavy atom. The number of nitrogens with two attached hydrogens (primary N) is 1. The van der Waals surface area contributed by atoms with Gasteiger partial charge in [0.05, 0.1) is 11.7 Å². The summed E-state index contributed by atoms with van der Waals surface area (Å²) in [6, 6.07) is 3.22. The fraction of sp³-hybridized carbons (Fsp3) is 0.500. The number of aryl methyl sites for hydroxylation is 1. The minimum atomic E-state index is -1.04. The van der Waals surface area contributed by atoms with E-state index in [1.54, 1.807) is 13.0 Å². The van der Waals surface area contributed by atoms with Gasteiger partial charge in [-0.05, 0) is 43.9 Å². The second-order valence-corrected chi connectivity index (χ2v) is 4.81. The minimum absolute atomic E-state index is 0.0829. The monoisotopic (exact) mass is 265 g/mol. The molecule has 1 atom stereocenters. The first kappa shape index (κ1) is 13.7. The smallest absolute Gasteiger partial charge is 0.337 e. The van der Waals surface area contributed by atoms with Gasteiger partial charge in [-0.2, -0.15) is 0 Å². The van der Waals surface area contributed by atoms with Crippen molar-refractivity contribution in [3.8, 4) is 5.75 Å². The van der Waals surface area contributed by atoms with Crippen LogP contribution in [0.1, 0.15) is 35.2 Å². The predicted octanol–water partition coefficient (Wildman–Crippen LogP) is 2.22. The summed E-state index contributed by atoms with van der Waals surface area (Å²) in [5, 5.41) is 9.07. The number of benzene rings is 1. The molecule has 0 aliphatic carbocycles. The Bertz CT molecular complexity index is 467. The van der Waals surface area contributed by atoms with Crippen LogP contribution in [0.15, 0.2) is 12.1 Å². The van der Waals surface area contributed by atoms with Crippen LogP contribution in [-0.2, 0) is 4.74 Å². The normalized spacial score (nSPS) is 19.1. The number of hydrogen-bond acceptors (Lipinski definition) is 4. The molecule has 0 aromatic heterocycles. The van der Waals surface area contributed by atoms with Gasteiger partial charge < -0.3 is 20.3 Å². The summed E-state index contributed by atoms with van der Waals surface area (Å²) < 4.78 is 11.2. The standard InChI is InChI=1S/C14H19NO4/c1-9-6-11(7-12(13(9)15)14(16)17)19-8-10-4-2-3-5-18-10/h6-7,10H,2-5,8,15H2,1H3,(H,16,17). The van der Waals surface area contributed by atoms with Gasteiger partial charge in [-0.1, -0.05) is 0 Å². The molecule has 2 rings (SSSR count). The molecule has 5 heteroatoms. The van der Waals surface area contributed by atoms with Crippen LogP contribution in [-0.4, -0.2) is 30.4 Å². The van der Waals surface area contributed by atoms with E-state index in [4.69, 9.17) is 20.3 Å². The molecule has 0 radical (unpaired) electrons. The second-order valence-electron chi connectivity index (χ2n) is 4.81. The van der Waals surface area contributed by atoms with Crippen molar-refractivity contribution in [2.75, 3.05) is 18.9 Å². The van der Waals surface area contributed by atoms with Gasteiger partial charge in [-0.15, -0.1) is 0 Å². The first-order valence-corrected chi connectivity index (χ1v) is 6.45. The summed E-state index contributed by atoms with van der Waals surface area (Å²) in [7, 11) is 0. The van der Waals surface area contributed by atoms with Crippen molar-refractivity contribution >= 4 is 11.7 Å². The lowest BCUT2D eigenvalue weighted by molar-refractivity contribution is -0.0110. The Balaban J connectivity index is 2.05. The largest absolute Gasteiger partial charge is 0.491 e. The van der Waals surface area contributed by atoms with Crippen molar-refractivity contribution in [2.24, 2.45) is 0 Å². The number of ether oxygens (including phenoxy) is 2. The van der Waals surface area contributed by atoms with Crippen molar-refractivity contribution in [3.63, 3.8) is 0 Å². The maximum Gasteiger partial charge on any atom is 0.337 e. The van der Waals surface area contributed by atoms with E-state index in [-0.39, 0.29) is 17.4 Å². The van der Waals surface area contributed by atoms with Crippen molar-refractivity contribution in [2.45, 2.75) is 32.3 Å². The molecular weight excluding hydrogens is 246 g/mol. The Morgan fingerprint density at radius 3 is 2.95 bits per heavy atom. The van der Waals surface area contributed by atoms with E-state index in [0.717, 1.165) is 25.9 Å². The number of carboxylic acids is 1. The van der Waals surface area contributed by atoms with Crippen LogP contribution in [0.25, 0.3) is 0 Å². The fourth-order valence-electron chi connectivity index (χ4n) is 2.15. The van der Waals surface area contributed by atoms with E-state index in [2.05, 4.69) is 0 Å². The molecule has 0 spiro atoms. The van der Waals surface area contributed by atoms with Gasteiger partial charge in [0.25, 0.3) is 0 Å². The molecule has 1 heterocycles. The van der Waals surface area contributed by atoms with Crippen LogP contribution in [0.4, 0.5) is 5.69 Å². The van der Waals surface area contributed by atoms with Crippen LogP contribution in [0.5, 0.6) is 5.75 Å². The number of anilines is 1. The number of hydrogen-bond donors (Lipinski definition) is 2. The molecule has 0 bridgehead atoms. The van der Waals surface area contributed by atoms with Gasteiger partial charge in [0.15, 0.2) is 0 Å². The molecule has 1 unspecified atom stereocenters. The molecule has 5 nitrogen and oxygen atoms in total. The number of aromatic carboxylic acids is 1. The maximum absolute atomic E-state index is 11.1. The fourth-order valence-corrected chi connectivity index (χ4v) is 2.15. The van der Waals surface area contributed by atoms with Crippen molar-refractivity contribution in [1.29, 1.82) is 0 Å². The Labute approximate surface area is 112 Å². The highest BCUT2D eigenvalue weighted by atomic mass is 16.5. The third kappa shape index (κ3) is 3.38. The van der Waals surface area contributed by atoms with Crippen molar-refractivity contribution in [1.82, 2.24) is 0 Å². The zero-order valence-electron chi connectivity index (χ0n) is 11.0. The van der Waals surface area contributed by atoms with E-state index in [1.807, 2.05) is 0 Å². The lowest BCUT2D eigenvalue weighted by atomic mass is 10.1. The second kappa shape index (κ2) is 5.93. The van der Waals surface area contributed by atoms with E-state index in [1.165, 1.54) is 6.07 Å². The highest BCUT2D eigenvalue weighted by Gasteiger charge is 2.16. The molecule has 3 N–H and O–H groups in total. The third-order valence-corrected chi connectivity index (χ3v) is 3.30. The first-order chi connectivity index (χ1) is 9.08. The zero-order chi connectivity index (χ0) is 13.8. The minimum Gasteiger partial charge on any atom is -0.491 e. The molecule has 104 valence electrons. The Hall–Kier alpha value is -1.75. The van der Waals surface area contributed by atoms with Crippen LogP contribution in [0.2, 0.25) is 0 Å². The van der Waals surface area contributed by atoms with Crippen molar-refractivity contribution < 1.29 is 19.4 Å². The van der Waals surface area contributed by atoms with Crippen LogP contribution >= 0.6 is 0 Å². The lowest BCUT2D eigenvalue weighted by Crippen LogP contribution is -2.25. The Kier molecular flexibility index (Phi) is 4.27. The van der Waals surface area contributed by atoms with Gasteiger partial charge in [-0.3, -0.25) is 0 Å². The SMILES string of the molecule is Cc1cc(OCC2CCCCO2)cc(C(=O)O)c1N. The number of carboxylic acid groups (broad SMARTS) is 1. The van der Waals surface area contributed by atoms with Crippen molar-refractivity contribution in [3.05, 3.63) is 23.3 Å². The average molecular weight is 265 g/mol. The average Bonchev–Trinajstić information content (AvgIpc) is 2.41. The summed E-state index contributed by atoms with van der Waals surface area (Å²) in [5.74, 6) is -0.516. The zero-order valence-corrected chi connectivity index (χ0v) is 11.0.